The van der Waals surface area contributed by atoms with Crippen LogP contribution in [-0.4, -0.2) is 21.8 Å². The zero-order valence-electron chi connectivity index (χ0n) is 13.1. The lowest BCUT2D eigenvalue weighted by atomic mass is 10.1. The van der Waals surface area contributed by atoms with E-state index >= 15 is 0 Å². The summed E-state index contributed by atoms with van der Waals surface area (Å²) in [5.74, 6) is -0.923. The molecule has 0 atom stereocenters. The van der Waals surface area contributed by atoms with E-state index in [0.29, 0.717) is 5.56 Å². The number of amides is 3. The molecule has 1 saturated heterocycles. The highest BCUT2D eigenvalue weighted by Gasteiger charge is 2.34. The van der Waals surface area contributed by atoms with Gasteiger partial charge in [0.1, 0.15) is 11.5 Å². The fourth-order valence-corrected chi connectivity index (χ4v) is 2.90. The normalized spacial score (nSPS) is 16.0. The fourth-order valence-electron chi connectivity index (χ4n) is 2.90. The summed E-state index contributed by atoms with van der Waals surface area (Å²) in [4.78, 5) is 28.8. The molecule has 25 heavy (non-hydrogen) atoms. The van der Waals surface area contributed by atoms with Crippen molar-refractivity contribution in [3.63, 3.8) is 0 Å². The Kier molecular flexibility index (Phi) is 3.57. The number of para-hydroxylation sites is 1. The van der Waals surface area contributed by atoms with E-state index < -0.39 is 17.8 Å². The molecule has 2 heterocycles. The average molecular weight is 335 g/mol. The second kappa shape index (κ2) is 5.90. The first-order valence-corrected chi connectivity index (χ1v) is 7.77. The molecule has 2 aromatic carbocycles. The topological polar surface area (TPSA) is 65.2 Å². The quantitative estimate of drug-likeness (QED) is 0.569. The van der Waals surface area contributed by atoms with Crippen LogP contribution in [-0.2, 0) is 11.3 Å². The first kappa shape index (κ1) is 15.1. The predicted octanol–water partition coefficient (Wildman–Crippen LogP) is 3.40. The maximum Gasteiger partial charge on any atom is 0.329 e. The number of aromatic amines is 1. The molecule has 2 N–H and O–H groups in total. The third-order valence-corrected chi connectivity index (χ3v) is 4.17. The molecule has 1 aliphatic rings. The molecule has 0 radical (unpaired) electrons. The van der Waals surface area contributed by atoms with E-state index in [-0.39, 0.29) is 12.2 Å². The number of nitrogens with zero attached hydrogens (tertiary/aromatic N) is 1. The van der Waals surface area contributed by atoms with Gasteiger partial charge in [0.15, 0.2) is 0 Å². The minimum Gasteiger partial charge on any atom is -0.361 e. The summed E-state index contributed by atoms with van der Waals surface area (Å²) in [5.41, 5.74) is 2.13. The Balaban J connectivity index is 1.65. The number of urea groups is 1. The fraction of sp³-hybridized carbons (Fsp3) is 0.0526. The van der Waals surface area contributed by atoms with E-state index in [1.54, 1.807) is 24.3 Å². The van der Waals surface area contributed by atoms with Crippen molar-refractivity contribution in [2.45, 2.75) is 6.54 Å². The molecule has 6 heteroatoms. The van der Waals surface area contributed by atoms with Crippen molar-refractivity contribution in [2.24, 2.45) is 0 Å². The summed E-state index contributed by atoms with van der Waals surface area (Å²) in [6, 6.07) is 13.1. The smallest absolute Gasteiger partial charge is 0.329 e. The summed E-state index contributed by atoms with van der Waals surface area (Å²) >= 11 is 0. The molecule has 3 aromatic rings. The van der Waals surface area contributed by atoms with Crippen LogP contribution in [0.2, 0.25) is 0 Å². The van der Waals surface area contributed by atoms with Gasteiger partial charge in [-0.15, -0.1) is 0 Å². The van der Waals surface area contributed by atoms with Crippen molar-refractivity contribution in [3.05, 3.63) is 77.4 Å². The Morgan fingerprint density at radius 2 is 1.88 bits per heavy atom. The molecule has 124 valence electrons. The van der Waals surface area contributed by atoms with Crippen LogP contribution in [0.4, 0.5) is 9.18 Å². The number of carbonyl (C=O) groups is 2. The monoisotopic (exact) mass is 335 g/mol. The number of benzene rings is 2. The summed E-state index contributed by atoms with van der Waals surface area (Å²) in [6.07, 6.45) is 3.44. The summed E-state index contributed by atoms with van der Waals surface area (Å²) in [6.45, 7) is -0.110. The molecular formula is C19H14FN3O2. The van der Waals surface area contributed by atoms with Crippen molar-refractivity contribution in [1.29, 1.82) is 0 Å². The van der Waals surface area contributed by atoms with Gasteiger partial charge in [-0.05, 0) is 23.6 Å². The minimum absolute atomic E-state index is 0.110. The minimum atomic E-state index is -0.557. The highest BCUT2D eigenvalue weighted by Crippen LogP contribution is 2.22. The van der Waals surface area contributed by atoms with Crippen LogP contribution < -0.4 is 5.32 Å². The Hall–Kier alpha value is -3.41. The summed E-state index contributed by atoms with van der Waals surface area (Å²) in [5, 5.41) is 3.57. The predicted molar refractivity (Wildman–Crippen MR) is 91.8 cm³/mol. The largest absolute Gasteiger partial charge is 0.361 e. The Labute approximate surface area is 142 Å². The van der Waals surface area contributed by atoms with Gasteiger partial charge in [0.05, 0.1) is 12.1 Å². The molecule has 0 aliphatic carbocycles. The van der Waals surface area contributed by atoms with Crippen molar-refractivity contribution < 1.29 is 14.0 Å². The Morgan fingerprint density at radius 1 is 1.04 bits per heavy atom. The lowest BCUT2D eigenvalue weighted by molar-refractivity contribution is -0.123. The molecule has 1 aliphatic heterocycles. The van der Waals surface area contributed by atoms with Gasteiger partial charge in [-0.25, -0.2) is 9.18 Å². The third-order valence-electron chi connectivity index (χ3n) is 4.17. The number of H-pyrrole nitrogens is 1. The first-order valence-electron chi connectivity index (χ1n) is 7.77. The highest BCUT2D eigenvalue weighted by molar-refractivity contribution is 6.14. The lowest BCUT2D eigenvalue weighted by Crippen LogP contribution is -2.30. The van der Waals surface area contributed by atoms with E-state index in [4.69, 9.17) is 0 Å². The van der Waals surface area contributed by atoms with Crippen LogP contribution in [0.1, 0.15) is 11.1 Å². The molecule has 0 spiro atoms. The molecule has 0 unspecified atom stereocenters. The van der Waals surface area contributed by atoms with Gasteiger partial charge in [-0.1, -0.05) is 36.4 Å². The lowest BCUT2D eigenvalue weighted by Gasteiger charge is -2.12. The van der Waals surface area contributed by atoms with Crippen LogP contribution in [0.25, 0.3) is 17.0 Å². The van der Waals surface area contributed by atoms with E-state index in [1.165, 1.54) is 6.07 Å². The van der Waals surface area contributed by atoms with Crippen LogP contribution in [0.3, 0.4) is 0 Å². The van der Waals surface area contributed by atoms with Gasteiger partial charge in [0.2, 0.25) is 0 Å². The van der Waals surface area contributed by atoms with Crippen LogP contribution >= 0.6 is 0 Å². The molecule has 0 bridgehead atoms. The van der Waals surface area contributed by atoms with Gasteiger partial charge >= 0.3 is 6.03 Å². The van der Waals surface area contributed by atoms with Crippen LogP contribution in [0.15, 0.2) is 60.4 Å². The standard InChI is InChI=1S/C19H14FN3O2/c20-15-7-2-1-4-14(15)11-23-18(24)16(22-19(23)25)10-13-6-3-5-12-8-9-21-17(12)13/h1-10,21H,11H2,(H,22,25)/b16-10-. The van der Waals surface area contributed by atoms with E-state index in [9.17, 15) is 14.0 Å². The van der Waals surface area contributed by atoms with Crippen LogP contribution in [0.5, 0.6) is 0 Å². The molecule has 4 rings (SSSR count). The van der Waals surface area contributed by atoms with Gasteiger partial charge in [-0.3, -0.25) is 9.69 Å². The van der Waals surface area contributed by atoms with Gasteiger partial charge < -0.3 is 10.3 Å². The summed E-state index contributed by atoms with van der Waals surface area (Å²) in [7, 11) is 0. The second-order valence-corrected chi connectivity index (χ2v) is 5.76. The number of rotatable bonds is 3. The number of halogens is 1. The summed E-state index contributed by atoms with van der Waals surface area (Å²) < 4.78 is 13.8. The third kappa shape index (κ3) is 2.67. The Morgan fingerprint density at radius 3 is 2.72 bits per heavy atom. The molecule has 5 nitrogen and oxygen atoms in total. The zero-order chi connectivity index (χ0) is 17.4. The van der Waals surface area contributed by atoms with Crippen molar-refractivity contribution in [3.8, 4) is 0 Å². The van der Waals surface area contributed by atoms with Crippen molar-refractivity contribution in [2.75, 3.05) is 0 Å². The number of hydrogen-bond acceptors (Lipinski definition) is 2. The first-order chi connectivity index (χ1) is 12.1. The van der Waals surface area contributed by atoms with E-state index in [2.05, 4.69) is 10.3 Å². The van der Waals surface area contributed by atoms with Gasteiger partial charge in [-0.2, -0.15) is 0 Å². The number of hydrogen-bond donors (Lipinski definition) is 2. The van der Waals surface area contributed by atoms with Gasteiger partial charge in [0.25, 0.3) is 5.91 Å². The number of carbonyl (C=O) groups excluding carboxylic acids is 2. The maximum absolute atomic E-state index is 13.8. The number of nitrogens with one attached hydrogen (secondary N) is 2. The highest BCUT2D eigenvalue weighted by atomic mass is 19.1. The van der Waals surface area contributed by atoms with E-state index in [0.717, 1.165) is 21.4 Å². The molecule has 1 fully saturated rings. The zero-order valence-corrected chi connectivity index (χ0v) is 13.1. The SMILES string of the molecule is O=C1N/C(=C\c2cccc3cc[nH]c23)C(=O)N1Cc1ccccc1F. The number of fused-ring (bicyclic) bond motifs is 1. The maximum atomic E-state index is 13.8. The molecule has 1 aromatic heterocycles. The van der Waals surface area contributed by atoms with Crippen molar-refractivity contribution in [1.82, 2.24) is 15.2 Å². The number of aromatic nitrogens is 1. The second-order valence-electron chi connectivity index (χ2n) is 5.76. The average Bonchev–Trinajstić information content (AvgIpc) is 3.18. The van der Waals surface area contributed by atoms with Crippen molar-refractivity contribution >= 4 is 28.9 Å². The molecular weight excluding hydrogens is 321 g/mol. The van der Waals surface area contributed by atoms with E-state index in [1.807, 2.05) is 30.5 Å². The molecule has 0 saturated carbocycles. The van der Waals surface area contributed by atoms with Gasteiger partial charge in [0, 0.05) is 17.3 Å². The molecule has 3 amide bonds. The number of imide groups is 1. The Bertz CT molecular complexity index is 1020. The van der Waals surface area contributed by atoms with Crippen LogP contribution in [0, 0.1) is 5.82 Å².